The van der Waals surface area contributed by atoms with Gasteiger partial charge in [0.25, 0.3) is 0 Å². The Kier molecular flexibility index (Phi) is 47.6. The number of carbonyl (C=O) groups is 2. The predicted molar refractivity (Wildman–Crippen MR) is 250 cm³/mol. The van der Waals surface area contributed by atoms with E-state index in [1.54, 1.807) is 0 Å². The number of nitrogens with one attached hydrogen (secondary N) is 1. The van der Waals surface area contributed by atoms with Crippen molar-refractivity contribution in [2.75, 3.05) is 13.2 Å². The summed E-state index contributed by atoms with van der Waals surface area (Å²) in [6.07, 6.45) is 53.5. The monoisotopic (exact) mass is 822 g/mol. The van der Waals surface area contributed by atoms with Crippen molar-refractivity contribution in [2.24, 2.45) is 0 Å². The summed E-state index contributed by atoms with van der Waals surface area (Å²) in [7, 11) is 0. The van der Waals surface area contributed by atoms with Crippen LogP contribution < -0.4 is 5.32 Å². The summed E-state index contributed by atoms with van der Waals surface area (Å²) in [5, 5.41) is 23.3. The van der Waals surface area contributed by atoms with Crippen LogP contribution in [0.15, 0.2) is 0 Å². The first kappa shape index (κ1) is 56.9. The van der Waals surface area contributed by atoms with Gasteiger partial charge in [0.05, 0.1) is 25.4 Å². The summed E-state index contributed by atoms with van der Waals surface area (Å²) < 4.78 is 5.45. The number of carbonyl (C=O) groups excluding carboxylic acids is 2. The van der Waals surface area contributed by atoms with Gasteiger partial charge >= 0.3 is 5.97 Å². The fourth-order valence-electron chi connectivity index (χ4n) is 8.35. The molecule has 3 N–H and O–H groups in total. The molecule has 58 heavy (non-hydrogen) atoms. The van der Waals surface area contributed by atoms with Crippen molar-refractivity contribution in [1.82, 2.24) is 5.32 Å². The molecule has 2 atom stereocenters. The second-order valence-corrected chi connectivity index (χ2v) is 18.2. The van der Waals surface area contributed by atoms with Crippen LogP contribution in [0.25, 0.3) is 0 Å². The molecule has 0 bridgehead atoms. The molecule has 0 radical (unpaired) electrons. The second kappa shape index (κ2) is 48.5. The SMILES string of the molecule is CCCCCCCCCCCCCCCCCCCCC(O)C(CO)NC(=O)CCCCCCCCCCCCCOC(=O)CCCCCCCCCCCCCC. The number of aliphatic hydroxyl groups excluding tert-OH is 2. The molecule has 1 amide bonds. The molecular formula is C52H103NO5. The molecule has 0 rings (SSSR count). The summed E-state index contributed by atoms with van der Waals surface area (Å²) in [6, 6.07) is -0.553. The number of amides is 1. The van der Waals surface area contributed by atoms with Gasteiger partial charge in [-0.2, -0.15) is 0 Å². The van der Waals surface area contributed by atoms with Gasteiger partial charge in [0, 0.05) is 12.8 Å². The van der Waals surface area contributed by atoms with E-state index in [0.29, 0.717) is 25.9 Å². The smallest absolute Gasteiger partial charge is 0.305 e. The molecule has 6 heteroatoms. The molecule has 0 fully saturated rings. The highest BCUT2D eigenvalue weighted by Gasteiger charge is 2.20. The van der Waals surface area contributed by atoms with E-state index < -0.39 is 12.1 Å². The standard InChI is InChI=1S/C52H103NO5/c1-3-5-7-9-11-13-15-17-18-19-20-21-22-24-28-32-36-40-44-50(55)49(48-54)53-51(56)45-41-37-33-29-25-23-27-31-35-39-43-47-58-52(57)46-42-38-34-30-26-16-14-12-10-8-6-4-2/h49-50,54-55H,3-48H2,1-2H3,(H,53,56). The van der Waals surface area contributed by atoms with Crippen LogP contribution in [0.2, 0.25) is 0 Å². The number of unbranched alkanes of at least 4 members (excludes halogenated alkanes) is 38. The van der Waals surface area contributed by atoms with Crippen LogP contribution in [0.5, 0.6) is 0 Å². The molecule has 0 heterocycles. The van der Waals surface area contributed by atoms with E-state index in [1.807, 2.05) is 0 Å². The van der Waals surface area contributed by atoms with E-state index in [2.05, 4.69) is 19.2 Å². The average molecular weight is 822 g/mol. The fourth-order valence-corrected chi connectivity index (χ4v) is 8.35. The number of esters is 1. The molecule has 2 unspecified atom stereocenters. The zero-order chi connectivity index (χ0) is 42.3. The topological polar surface area (TPSA) is 95.9 Å². The van der Waals surface area contributed by atoms with E-state index in [0.717, 1.165) is 57.8 Å². The second-order valence-electron chi connectivity index (χ2n) is 18.2. The van der Waals surface area contributed by atoms with E-state index >= 15 is 0 Å². The minimum atomic E-state index is -0.675. The number of hydrogen-bond acceptors (Lipinski definition) is 5. The van der Waals surface area contributed by atoms with Gasteiger partial charge in [-0.1, -0.05) is 258 Å². The molecule has 0 saturated carbocycles. The van der Waals surface area contributed by atoms with Gasteiger partial charge in [-0.3, -0.25) is 9.59 Å². The highest BCUT2D eigenvalue weighted by Crippen LogP contribution is 2.17. The third-order valence-electron chi connectivity index (χ3n) is 12.4. The molecule has 0 aliphatic rings. The highest BCUT2D eigenvalue weighted by molar-refractivity contribution is 5.76. The van der Waals surface area contributed by atoms with Gasteiger partial charge < -0.3 is 20.3 Å². The third kappa shape index (κ3) is 44.4. The maximum atomic E-state index is 12.5. The number of hydrogen-bond donors (Lipinski definition) is 3. The van der Waals surface area contributed by atoms with Crippen LogP contribution in [-0.4, -0.2) is 47.4 Å². The Labute approximate surface area is 362 Å². The summed E-state index contributed by atoms with van der Waals surface area (Å²) in [6.45, 7) is 4.93. The van der Waals surface area contributed by atoms with Crippen LogP contribution in [0, 0.1) is 0 Å². The van der Waals surface area contributed by atoms with Crippen LogP contribution in [-0.2, 0) is 14.3 Å². The Hall–Kier alpha value is -1.14. The molecule has 0 aromatic heterocycles. The minimum Gasteiger partial charge on any atom is -0.466 e. The molecule has 0 spiro atoms. The highest BCUT2D eigenvalue weighted by atomic mass is 16.5. The Balaban J connectivity index is 3.46. The van der Waals surface area contributed by atoms with Crippen LogP contribution in [0.4, 0.5) is 0 Å². The Morgan fingerprint density at radius 1 is 0.414 bits per heavy atom. The normalized spacial score (nSPS) is 12.6. The first-order valence-corrected chi connectivity index (χ1v) is 26.3. The third-order valence-corrected chi connectivity index (χ3v) is 12.4. The largest absolute Gasteiger partial charge is 0.466 e. The zero-order valence-electron chi connectivity index (χ0n) is 39.3. The lowest BCUT2D eigenvalue weighted by Crippen LogP contribution is -2.45. The predicted octanol–water partition coefficient (Wildman–Crippen LogP) is 15.6. The van der Waals surface area contributed by atoms with Crippen molar-refractivity contribution in [3.8, 4) is 0 Å². The van der Waals surface area contributed by atoms with Gasteiger partial charge in [-0.05, 0) is 25.7 Å². The van der Waals surface area contributed by atoms with Crippen molar-refractivity contribution in [3.63, 3.8) is 0 Å². The fraction of sp³-hybridized carbons (Fsp3) is 0.962. The molecule has 6 nitrogen and oxygen atoms in total. The van der Waals surface area contributed by atoms with Gasteiger partial charge in [0.1, 0.15) is 0 Å². The number of rotatable bonds is 49. The van der Waals surface area contributed by atoms with Gasteiger partial charge in [0.2, 0.25) is 5.91 Å². The Bertz CT molecular complexity index is 822. The summed E-state index contributed by atoms with van der Waals surface area (Å²) in [4.78, 5) is 24.5. The first-order valence-electron chi connectivity index (χ1n) is 26.3. The van der Waals surface area contributed by atoms with Crippen molar-refractivity contribution < 1.29 is 24.5 Å². The van der Waals surface area contributed by atoms with Crippen LogP contribution in [0.3, 0.4) is 0 Å². The van der Waals surface area contributed by atoms with Gasteiger partial charge in [0.15, 0.2) is 0 Å². The summed E-state index contributed by atoms with van der Waals surface area (Å²) in [5.41, 5.74) is 0. The molecule has 0 aromatic carbocycles. The molecule has 346 valence electrons. The Morgan fingerprint density at radius 3 is 1.05 bits per heavy atom. The minimum absolute atomic E-state index is 0.0120. The lowest BCUT2D eigenvalue weighted by atomic mass is 10.0. The van der Waals surface area contributed by atoms with E-state index in [9.17, 15) is 19.8 Å². The lowest BCUT2D eigenvalue weighted by Gasteiger charge is -2.22. The van der Waals surface area contributed by atoms with Gasteiger partial charge in [-0.25, -0.2) is 0 Å². The summed E-state index contributed by atoms with van der Waals surface area (Å²) in [5.74, 6) is -0.0627. The number of aliphatic hydroxyl groups is 2. The van der Waals surface area contributed by atoms with E-state index in [-0.39, 0.29) is 18.5 Å². The maximum absolute atomic E-state index is 12.5. The molecule has 0 aliphatic heterocycles. The molecule has 0 aliphatic carbocycles. The quantitative estimate of drug-likeness (QED) is 0.0420. The summed E-state index contributed by atoms with van der Waals surface area (Å²) >= 11 is 0. The lowest BCUT2D eigenvalue weighted by molar-refractivity contribution is -0.143. The molecule has 0 saturated heterocycles. The van der Waals surface area contributed by atoms with Crippen molar-refractivity contribution in [3.05, 3.63) is 0 Å². The Morgan fingerprint density at radius 2 is 0.707 bits per heavy atom. The van der Waals surface area contributed by atoms with Crippen molar-refractivity contribution in [2.45, 2.75) is 309 Å². The average Bonchev–Trinajstić information content (AvgIpc) is 3.22. The first-order chi connectivity index (χ1) is 28.5. The van der Waals surface area contributed by atoms with Crippen molar-refractivity contribution in [1.29, 1.82) is 0 Å². The van der Waals surface area contributed by atoms with Crippen LogP contribution in [0.1, 0.15) is 296 Å². The number of ether oxygens (including phenoxy) is 1. The van der Waals surface area contributed by atoms with E-state index in [4.69, 9.17) is 4.74 Å². The molecule has 0 aromatic rings. The van der Waals surface area contributed by atoms with Crippen molar-refractivity contribution >= 4 is 11.9 Å². The van der Waals surface area contributed by atoms with Crippen LogP contribution >= 0.6 is 0 Å². The van der Waals surface area contributed by atoms with Gasteiger partial charge in [-0.15, -0.1) is 0 Å². The molecular weight excluding hydrogens is 719 g/mol. The maximum Gasteiger partial charge on any atom is 0.305 e. The zero-order valence-corrected chi connectivity index (χ0v) is 39.3. The van der Waals surface area contributed by atoms with E-state index in [1.165, 1.54) is 205 Å².